The zero-order chi connectivity index (χ0) is 19.7. The summed E-state index contributed by atoms with van der Waals surface area (Å²) in [5.41, 5.74) is 2.28. The second kappa shape index (κ2) is 7.71. The van der Waals surface area contributed by atoms with Crippen LogP contribution in [0.3, 0.4) is 0 Å². The first-order chi connectivity index (χ1) is 13.7. The molecule has 3 heterocycles. The molecule has 28 heavy (non-hydrogen) atoms. The summed E-state index contributed by atoms with van der Waals surface area (Å²) >= 11 is 1.59. The molecule has 0 aliphatic carbocycles. The van der Waals surface area contributed by atoms with Crippen LogP contribution in [0, 0.1) is 0 Å². The minimum atomic E-state index is -0.505. The average molecular weight is 399 g/mol. The highest BCUT2D eigenvalue weighted by Gasteiger charge is 2.50. The van der Waals surface area contributed by atoms with E-state index in [0.29, 0.717) is 35.8 Å². The standard InChI is InChI=1S/C20H21N3O4S/c1-26-15-7-6-13-16(17(15)27-2)19(25)23-14(11-28-20(13)23)18(24)22-10-8-12-5-3-4-9-21-12/h3-7,9,14,20H,8,10-11H2,1-2H3,(H,22,24)/t14-,20-/m0/s1. The van der Waals surface area contributed by atoms with Crippen molar-refractivity contribution in [2.24, 2.45) is 0 Å². The normalized spacial score (nSPS) is 19.9. The molecule has 7 nitrogen and oxygen atoms in total. The van der Waals surface area contributed by atoms with Gasteiger partial charge >= 0.3 is 0 Å². The fourth-order valence-electron chi connectivity index (χ4n) is 3.67. The molecule has 0 radical (unpaired) electrons. The van der Waals surface area contributed by atoms with Crippen molar-refractivity contribution >= 4 is 23.6 Å². The molecule has 0 unspecified atom stereocenters. The number of benzene rings is 1. The first-order valence-electron chi connectivity index (χ1n) is 9.02. The molecule has 4 rings (SSSR count). The highest BCUT2D eigenvalue weighted by Crippen LogP contribution is 2.52. The molecular weight excluding hydrogens is 378 g/mol. The fourth-order valence-corrected chi connectivity index (χ4v) is 5.13. The van der Waals surface area contributed by atoms with E-state index in [9.17, 15) is 9.59 Å². The summed E-state index contributed by atoms with van der Waals surface area (Å²) in [4.78, 5) is 31.8. The molecule has 2 amide bonds. The molecule has 1 saturated heterocycles. The topological polar surface area (TPSA) is 80.8 Å². The van der Waals surface area contributed by atoms with Gasteiger partial charge in [-0.2, -0.15) is 0 Å². The van der Waals surface area contributed by atoms with Crippen molar-refractivity contribution < 1.29 is 19.1 Å². The van der Waals surface area contributed by atoms with Crippen LogP contribution in [0.4, 0.5) is 0 Å². The first-order valence-corrected chi connectivity index (χ1v) is 10.1. The van der Waals surface area contributed by atoms with Gasteiger partial charge in [0, 0.05) is 36.2 Å². The van der Waals surface area contributed by atoms with Crippen LogP contribution in [0.15, 0.2) is 36.5 Å². The number of aromatic nitrogens is 1. The van der Waals surface area contributed by atoms with Crippen LogP contribution < -0.4 is 14.8 Å². The van der Waals surface area contributed by atoms with Gasteiger partial charge in [0.1, 0.15) is 11.4 Å². The van der Waals surface area contributed by atoms with Gasteiger partial charge in [-0.05, 0) is 18.2 Å². The van der Waals surface area contributed by atoms with Crippen molar-refractivity contribution in [1.82, 2.24) is 15.2 Å². The molecule has 1 aromatic heterocycles. The van der Waals surface area contributed by atoms with E-state index in [2.05, 4.69) is 10.3 Å². The number of thioether (sulfide) groups is 1. The lowest BCUT2D eigenvalue weighted by molar-refractivity contribution is -0.124. The lowest BCUT2D eigenvalue weighted by Gasteiger charge is -2.22. The van der Waals surface area contributed by atoms with Gasteiger partial charge in [0.15, 0.2) is 11.5 Å². The number of rotatable bonds is 6. The lowest BCUT2D eigenvalue weighted by atomic mass is 10.1. The molecule has 0 spiro atoms. The van der Waals surface area contributed by atoms with Crippen LogP contribution >= 0.6 is 11.8 Å². The quantitative estimate of drug-likeness (QED) is 0.801. The van der Waals surface area contributed by atoms with Gasteiger partial charge in [-0.25, -0.2) is 0 Å². The summed E-state index contributed by atoms with van der Waals surface area (Å²) in [6.07, 6.45) is 2.38. The number of fused-ring (bicyclic) bond motifs is 3. The van der Waals surface area contributed by atoms with Gasteiger partial charge < -0.3 is 19.7 Å². The Morgan fingerprint density at radius 3 is 2.86 bits per heavy atom. The molecule has 2 atom stereocenters. The van der Waals surface area contributed by atoms with Gasteiger partial charge in [-0.3, -0.25) is 14.6 Å². The number of amides is 2. The summed E-state index contributed by atoms with van der Waals surface area (Å²) < 4.78 is 10.7. The summed E-state index contributed by atoms with van der Waals surface area (Å²) in [5, 5.41) is 2.77. The first kappa shape index (κ1) is 18.6. The second-order valence-corrected chi connectivity index (χ2v) is 7.65. The number of carbonyl (C=O) groups excluding carboxylic acids is 2. The smallest absolute Gasteiger partial charge is 0.260 e. The number of methoxy groups -OCH3 is 2. The van der Waals surface area contributed by atoms with Crippen LogP contribution in [-0.4, -0.2) is 54.3 Å². The molecular formula is C20H21N3O4S. The Morgan fingerprint density at radius 2 is 2.14 bits per heavy atom. The molecule has 146 valence electrons. The maximum absolute atomic E-state index is 13.1. The average Bonchev–Trinajstić information content (AvgIpc) is 3.28. The van der Waals surface area contributed by atoms with Crippen molar-refractivity contribution in [3.05, 3.63) is 53.3 Å². The van der Waals surface area contributed by atoms with E-state index in [-0.39, 0.29) is 17.2 Å². The summed E-state index contributed by atoms with van der Waals surface area (Å²) in [6, 6.07) is 8.88. The number of nitrogens with one attached hydrogen (secondary N) is 1. The molecule has 2 aliphatic rings. The van der Waals surface area contributed by atoms with Crippen LogP contribution in [0.5, 0.6) is 11.5 Å². The van der Waals surface area contributed by atoms with Crippen molar-refractivity contribution in [2.75, 3.05) is 26.5 Å². The SMILES string of the molecule is COc1ccc2c(c1OC)C(=O)N1[C@H](C(=O)NCCc3ccccn3)CS[C@@H]21. The number of carbonyl (C=O) groups is 2. The van der Waals surface area contributed by atoms with Crippen molar-refractivity contribution in [3.63, 3.8) is 0 Å². The molecule has 1 aromatic carbocycles. The van der Waals surface area contributed by atoms with Crippen molar-refractivity contribution in [2.45, 2.75) is 17.8 Å². The zero-order valence-corrected chi connectivity index (χ0v) is 16.5. The minimum absolute atomic E-state index is 0.141. The van der Waals surface area contributed by atoms with E-state index in [0.717, 1.165) is 11.3 Å². The molecule has 8 heteroatoms. The molecule has 2 aromatic rings. The molecule has 1 N–H and O–H groups in total. The van der Waals surface area contributed by atoms with Crippen molar-refractivity contribution in [3.8, 4) is 11.5 Å². The van der Waals surface area contributed by atoms with Crippen molar-refractivity contribution in [1.29, 1.82) is 0 Å². The maximum Gasteiger partial charge on any atom is 0.260 e. The second-order valence-electron chi connectivity index (χ2n) is 6.54. The predicted molar refractivity (Wildman–Crippen MR) is 106 cm³/mol. The van der Waals surface area contributed by atoms with Gasteiger partial charge in [-0.15, -0.1) is 11.8 Å². The highest BCUT2D eigenvalue weighted by atomic mass is 32.2. The van der Waals surface area contributed by atoms with Gasteiger partial charge in [0.25, 0.3) is 5.91 Å². The van der Waals surface area contributed by atoms with Crippen LogP contribution in [0.2, 0.25) is 0 Å². The number of hydrogen-bond acceptors (Lipinski definition) is 6. The van der Waals surface area contributed by atoms with Crippen LogP contribution in [-0.2, 0) is 11.2 Å². The molecule has 0 bridgehead atoms. The Kier molecular flexibility index (Phi) is 5.13. The summed E-state index contributed by atoms with van der Waals surface area (Å²) in [7, 11) is 3.06. The number of nitrogens with zero attached hydrogens (tertiary/aromatic N) is 2. The van der Waals surface area contributed by atoms with E-state index in [1.54, 1.807) is 28.9 Å². The van der Waals surface area contributed by atoms with Gasteiger partial charge in [-0.1, -0.05) is 12.1 Å². The monoisotopic (exact) mass is 399 g/mol. The number of ether oxygens (including phenoxy) is 2. The van der Waals surface area contributed by atoms with E-state index in [1.807, 2.05) is 24.3 Å². The predicted octanol–water partition coefficient (Wildman–Crippen LogP) is 2.03. The maximum atomic E-state index is 13.1. The third-order valence-corrected chi connectivity index (χ3v) is 6.31. The Morgan fingerprint density at radius 1 is 1.29 bits per heavy atom. The van der Waals surface area contributed by atoms with E-state index < -0.39 is 6.04 Å². The van der Waals surface area contributed by atoms with Crippen LogP contribution in [0.1, 0.15) is 27.0 Å². The lowest BCUT2D eigenvalue weighted by Crippen LogP contribution is -2.46. The third kappa shape index (κ3) is 3.07. The number of pyridine rings is 1. The Bertz CT molecular complexity index is 906. The summed E-state index contributed by atoms with van der Waals surface area (Å²) in [5.74, 6) is 1.18. The van der Waals surface area contributed by atoms with Gasteiger partial charge in [0.2, 0.25) is 5.91 Å². The highest BCUT2D eigenvalue weighted by molar-refractivity contribution is 7.99. The third-order valence-electron chi connectivity index (χ3n) is 5.00. The molecule has 1 fully saturated rings. The molecule has 2 aliphatic heterocycles. The Balaban J connectivity index is 1.49. The Hall–Kier alpha value is -2.74. The van der Waals surface area contributed by atoms with E-state index in [4.69, 9.17) is 9.47 Å². The minimum Gasteiger partial charge on any atom is -0.493 e. The van der Waals surface area contributed by atoms with E-state index in [1.165, 1.54) is 14.2 Å². The van der Waals surface area contributed by atoms with Gasteiger partial charge in [0.05, 0.1) is 19.8 Å². The van der Waals surface area contributed by atoms with Crippen LogP contribution in [0.25, 0.3) is 0 Å². The Labute approximate surface area is 167 Å². The fraction of sp³-hybridized carbons (Fsp3) is 0.350. The number of hydrogen-bond donors (Lipinski definition) is 1. The molecule has 0 saturated carbocycles. The summed E-state index contributed by atoms with van der Waals surface area (Å²) in [6.45, 7) is 0.480. The largest absolute Gasteiger partial charge is 0.493 e. The van der Waals surface area contributed by atoms with E-state index >= 15 is 0 Å². The zero-order valence-electron chi connectivity index (χ0n) is 15.7.